The Morgan fingerprint density at radius 1 is 1.53 bits per heavy atom. The third-order valence-corrected chi connectivity index (χ3v) is 3.93. The summed E-state index contributed by atoms with van der Waals surface area (Å²) in [5, 5.41) is 1.86. The fourth-order valence-corrected chi connectivity index (χ4v) is 2.42. The Bertz CT molecular complexity index is 396. The molecule has 6 heteroatoms. The first kappa shape index (κ1) is 18.2. The maximum Gasteiger partial charge on any atom is 0.267 e. The van der Waals surface area contributed by atoms with Gasteiger partial charge in [0.15, 0.2) is 0 Å². The lowest BCUT2D eigenvalue weighted by Crippen LogP contribution is -2.34. The van der Waals surface area contributed by atoms with Crippen LogP contribution in [0.15, 0.2) is 11.4 Å². The normalized spacial score (nSPS) is 11.9. The maximum absolute atomic E-state index is 12.2. The molecule has 0 fully saturated rings. The van der Waals surface area contributed by atoms with Crippen molar-refractivity contribution >= 4 is 29.7 Å². The zero-order valence-electron chi connectivity index (χ0n) is 11.9. The number of halogens is 1. The summed E-state index contributed by atoms with van der Waals surface area (Å²) >= 11 is 1.40. The number of hydrogen-bond donors (Lipinski definition) is 1. The predicted octanol–water partition coefficient (Wildman–Crippen LogP) is 2.62. The lowest BCUT2D eigenvalue weighted by Gasteiger charge is -2.21. The molecular weight excluding hydrogens is 284 g/mol. The van der Waals surface area contributed by atoms with Crippen LogP contribution < -0.4 is 10.5 Å². The number of nitrogens with zero attached hydrogens (tertiary/aromatic N) is 1. The lowest BCUT2D eigenvalue weighted by molar-refractivity contribution is 0.0791. The smallest absolute Gasteiger partial charge is 0.267 e. The molecule has 0 aromatic carbocycles. The standard InChI is InChI=1S/C13H22N2O2S.ClH/c1-9(2)10(14)5-7-15(3)13(16)12-11(17-4)6-8-18-12;/h6,8-10H,5,7,14H2,1-4H3;1H. The Morgan fingerprint density at radius 3 is 2.68 bits per heavy atom. The fourth-order valence-electron chi connectivity index (χ4n) is 1.57. The Morgan fingerprint density at radius 2 is 2.16 bits per heavy atom. The van der Waals surface area contributed by atoms with Crippen molar-refractivity contribution in [3.63, 3.8) is 0 Å². The molecule has 0 aliphatic carbocycles. The third-order valence-electron chi connectivity index (χ3n) is 3.04. The largest absolute Gasteiger partial charge is 0.495 e. The van der Waals surface area contributed by atoms with Crippen molar-refractivity contribution in [2.45, 2.75) is 26.3 Å². The molecule has 0 bridgehead atoms. The van der Waals surface area contributed by atoms with E-state index in [0.29, 0.717) is 23.1 Å². The minimum atomic E-state index is -0.00203. The number of carbonyl (C=O) groups excluding carboxylic acids is 1. The van der Waals surface area contributed by atoms with Crippen molar-refractivity contribution in [2.75, 3.05) is 20.7 Å². The summed E-state index contributed by atoms with van der Waals surface area (Å²) < 4.78 is 5.16. The van der Waals surface area contributed by atoms with E-state index in [9.17, 15) is 4.79 Å². The van der Waals surface area contributed by atoms with E-state index in [1.165, 1.54) is 11.3 Å². The van der Waals surface area contributed by atoms with Gasteiger partial charge in [0.1, 0.15) is 10.6 Å². The molecule has 4 nitrogen and oxygen atoms in total. The van der Waals surface area contributed by atoms with Gasteiger partial charge in [0.05, 0.1) is 7.11 Å². The molecule has 0 saturated heterocycles. The highest BCUT2D eigenvalue weighted by Gasteiger charge is 2.19. The first-order chi connectivity index (χ1) is 8.47. The fraction of sp³-hybridized carbons (Fsp3) is 0.615. The highest BCUT2D eigenvalue weighted by molar-refractivity contribution is 7.12. The van der Waals surface area contributed by atoms with Crippen molar-refractivity contribution < 1.29 is 9.53 Å². The van der Waals surface area contributed by atoms with Crippen LogP contribution >= 0.6 is 23.7 Å². The quantitative estimate of drug-likeness (QED) is 0.879. The molecule has 1 aromatic rings. The van der Waals surface area contributed by atoms with Crippen molar-refractivity contribution in [3.05, 3.63) is 16.3 Å². The van der Waals surface area contributed by atoms with Crippen LogP contribution in [0.3, 0.4) is 0 Å². The molecule has 0 spiro atoms. The van der Waals surface area contributed by atoms with Gasteiger partial charge in [0, 0.05) is 19.6 Å². The minimum absolute atomic E-state index is 0. The van der Waals surface area contributed by atoms with Gasteiger partial charge in [-0.3, -0.25) is 4.79 Å². The average Bonchev–Trinajstić information content (AvgIpc) is 2.82. The molecule has 19 heavy (non-hydrogen) atoms. The summed E-state index contributed by atoms with van der Waals surface area (Å²) in [5.41, 5.74) is 5.98. The van der Waals surface area contributed by atoms with Crippen LogP contribution in [0.2, 0.25) is 0 Å². The first-order valence-electron chi connectivity index (χ1n) is 6.09. The molecule has 1 heterocycles. The third kappa shape index (κ3) is 5.01. The van der Waals surface area contributed by atoms with Gasteiger partial charge in [-0.15, -0.1) is 23.7 Å². The average molecular weight is 307 g/mol. The SMILES string of the molecule is COc1ccsc1C(=O)N(C)CCC(N)C(C)C.Cl. The van der Waals surface area contributed by atoms with Crippen molar-refractivity contribution in [2.24, 2.45) is 11.7 Å². The summed E-state index contributed by atoms with van der Waals surface area (Å²) in [6, 6.07) is 1.94. The van der Waals surface area contributed by atoms with Gasteiger partial charge >= 0.3 is 0 Å². The van der Waals surface area contributed by atoms with Crippen LogP contribution in [-0.4, -0.2) is 37.6 Å². The van der Waals surface area contributed by atoms with E-state index in [-0.39, 0.29) is 24.4 Å². The number of ether oxygens (including phenoxy) is 1. The van der Waals surface area contributed by atoms with E-state index < -0.39 is 0 Å². The zero-order chi connectivity index (χ0) is 13.7. The van der Waals surface area contributed by atoms with Crippen LogP contribution in [0.1, 0.15) is 29.9 Å². The lowest BCUT2D eigenvalue weighted by atomic mass is 10.0. The Balaban J connectivity index is 0.00000324. The number of rotatable bonds is 6. The number of nitrogens with two attached hydrogens (primary N) is 1. The molecule has 1 rings (SSSR count). The highest BCUT2D eigenvalue weighted by atomic mass is 35.5. The van der Waals surface area contributed by atoms with Gasteiger partial charge in [0.25, 0.3) is 5.91 Å². The molecule has 0 aliphatic rings. The van der Waals surface area contributed by atoms with E-state index in [2.05, 4.69) is 13.8 Å². The number of hydrogen-bond acceptors (Lipinski definition) is 4. The van der Waals surface area contributed by atoms with E-state index in [4.69, 9.17) is 10.5 Å². The second-order valence-electron chi connectivity index (χ2n) is 4.74. The van der Waals surface area contributed by atoms with Crippen LogP contribution in [0.4, 0.5) is 0 Å². The van der Waals surface area contributed by atoms with E-state index in [1.807, 2.05) is 11.4 Å². The van der Waals surface area contributed by atoms with Gasteiger partial charge in [-0.1, -0.05) is 13.8 Å². The van der Waals surface area contributed by atoms with Gasteiger partial charge in [-0.25, -0.2) is 0 Å². The van der Waals surface area contributed by atoms with E-state index in [0.717, 1.165) is 6.42 Å². The van der Waals surface area contributed by atoms with Gasteiger partial charge < -0.3 is 15.4 Å². The number of thiophene rings is 1. The maximum atomic E-state index is 12.2. The molecule has 1 aromatic heterocycles. The van der Waals surface area contributed by atoms with Crippen molar-refractivity contribution in [1.29, 1.82) is 0 Å². The van der Waals surface area contributed by atoms with Gasteiger partial charge in [0.2, 0.25) is 0 Å². The van der Waals surface area contributed by atoms with Crippen molar-refractivity contribution in [1.82, 2.24) is 4.90 Å². The monoisotopic (exact) mass is 306 g/mol. The second-order valence-corrected chi connectivity index (χ2v) is 5.66. The molecule has 1 atom stereocenters. The van der Waals surface area contributed by atoms with Gasteiger partial charge in [-0.2, -0.15) is 0 Å². The number of amides is 1. The van der Waals surface area contributed by atoms with Crippen LogP contribution in [-0.2, 0) is 0 Å². The Hall–Kier alpha value is -0.780. The van der Waals surface area contributed by atoms with E-state index >= 15 is 0 Å². The van der Waals surface area contributed by atoms with E-state index in [1.54, 1.807) is 19.1 Å². The summed E-state index contributed by atoms with van der Waals surface area (Å²) in [6.07, 6.45) is 0.813. The van der Waals surface area contributed by atoms with Gasteiger partial charge in [-0.05, 0) is 23.8 Å². The molecule has 0 radical (unpaired) electrons. The summed E-state index contributed by atoms with van der Waals surface area (Å²) in [6.45, 7) is 4.85. The zero-order valence-corrected chi connectivity index (χ0v) is 13.5. The Kier molecular flexibility index (Phi) is 8.06. The van der Waals surface area contributed by atoms with Crippen LogP contribution in [0.25, 0.3) is 0 Å². The molecule has 110 valence electrons. The highest BCUT2D eigenvalue weighted by Crippen LogP contribution is 2.25. The van der Waals surface area contributed by atoms with Crippen molar-refractivity contribution in [3.8, 4) is 5.75 Å². The molecule has 1 amide bonds. The minimum Gasteiger partial charge on any atom is -0.495 e. The Labute approximate surface area is 125 Å². The first-order valence-corrected chi connectivity index (χ1v) is 6.97. The summed E-state index contributed by atoms with van der Waals surface area (Å²) in [7, 11) is 3.38. The molecular formula is C13H23ClN2O2S. The number of carbonyl (C=O) groups is 1. The van der Waals surface area contributed by atoms with Crippen LogP contribution in [0.5, 0.6) is 5.75 Å². The number of methoxy groups -OCH3 is 1. The summed E-state index contributed by atoms with van der Waals surface area (Å²) in [4.78, 5) is 14.5. The topological polar surface area (TPSA) is 55.6 Å². The molecule has 0 aliphatic heterocycles. The van der Waals surface area contributed by atoms with Crippen LogP contribution in [0, 0.1) is 5.92 Å². The molecule has 0 saturated carbocycles. The molecule has 2 N–H and O–H groups in total. The summed E-state index contributed by atoms with van der Waals surface area (Å²) in [5.74, 6) is 1.08. The predicted molar refractivity (Wildman–Crippen MR) is 82.5 cm³/mol. The second kappa shape index (κ2) is 8.40. The molecule has 1 unspecified atom stereocenters.